The molecule has 0 spiro atoms. The highest BCUT2D eigenvalue weighted by atomic mass is 32.2. The van der Waals surface area contributed by atoms with Gasteiger partial charge in [0.15, 0.2) is 0 Å². The van der Waals surface area contributed by atoms with Crippen molar-refractivity contribution in [3.8, 4) is 11.5 Å². The smallest absolute Gasteiger partial charge is 0.267 e. The Kier molecular flexibility index (Phi) is 6.78. The average Bonchev–Trinajstić information content (AvgIpc) is 3.25. The SMILES string of the molecule is COc1ccc(OC)c(CCNC(=O)c2cc(S(=O)(=O)N3CCOCC3)c[nH]2)c1. The van der Waals surface area contributed by atoms with Crippen LogP contribution in [0.15, 0.2) is 35.4 Å². The summed E-state index contributed by atoms with van der Waals surface area (Å²) in [7, 11) is -0.476. The van der Waals surface area contributed by atoms with Gasteiger partial charge >= 0.3 is 0 Å². The molecule has 1 aliphatic rings. The number of benzene rings is 1. The number of carbonyl (C=O) groups is 1. The van der Waals surface area contributed by atoms with Gasteiger partial charge in [0.2, 0.25) is 10.0 Å². The Morgan fingerprint density at radius 1 is 1.21 bits per heavy atom. The largest absolute Gasteiger partial charge is 0.497 e. The number of rotatable bonds is 8. The summed E-state index contributed by atoms with van der Waals surface area (Å²) in [5.74, 6) is 1.03. The molecular weight excluding hydrogens is 398 g/mol. The maximum absolute atomic E-state index is 12.6. The molecule has 2 aromatic rings. The van der Waals surface area contributed by atoms with Gasteiger partial charge in [-0.2, -0.15) is 4.31 Å². The van der Waals surface area contributed by atoms with Gasteiger partial charge in [0.1, 0.15) is 22.1 Å². The number of H-pyrrole nitrogens is 1. The molecule has 2 N–H and O–H groups in total. The molecule has 1 fully saturated rings. The molecule has 3 rings (SSSR count). The molecule has 158 valence electrons. The van der Waals surface area contributed by atoms with Crippen molar-refractivity contribution < 1.29 is 27.4 Å². The first-order valence-electron chi connectivity index (χ1n) is 9.21. The maximum atomic E-state index is 12.6. The minimum atomic E-state index is -3.64. The molecule has 1 amide bonds. The minimum absolute atomic E-state index is 0.0685. The van der Waals surface area contributed by atoms with Crippen molar-refractivity contribution >= 4 is 15.9 Å². The van der Waals surface area contributed by atoms with Crippen LogP contribution in [0.3, 0.4) is 0 Å². The average molecular weight is 423 g/mol. The summed E-state index contributed by atoms with van der Waals surface area (Å²) in [6.07, 6.45) is 1.87. The van der Waals surface area contributed by atoms with Crippen LogP contribution in [-0.4, -0.2) is 70.7 Å². The number of aromatic nitrogens is 1. The summed E-state index contributed by atoms with van der Waals surface area (Å²) in [6.45, 7) is 1.69. The molecule has 29 heavy (non-hydrogen) atoms. The number of amides is 1. The molecule has 2 heterocycles. The monoisotopic (exact) mass is 423 g/mol. The van der Waals surface area contributed by atoms with Crippen LogP contribution in [0.2, 0.25) is 0 Å². The number of ether oxygens (including phenoxy) is 3. The Morgan fingerprint density at radius 2 is 1.97 bits per heavy atom. The van der Waals surface area contributed by atoms with E-state index in [1.807, 2.05) is 12.1 Å². The van der Waals surface area contributed by atoms with Gasteiger partial charge in [-0.25, -0.2) is 8.42 Å². The third-order valence-corrected chi connectivity index (χ3v) is 6.55. The van der Waals surface area contributed by atoms with Crippen molar-refractivity contribution in [2.75, 3.05) is 47.1 Å². The molecule has 1 aliphatic heterocycles. The molecule has 0 saturated carbocycles. The lowest BCUT2D eigenvalue weighted by Gasteiger charge is -2.25. The number of carbonyl (C=O) groups excluding carboxylic acids is 1. The molecular formula is C19H25N3O6S. The van der Waals surface area contributed by atoms with Gasteiger partial charge in [-0.05, 0) is 36.2 Å². The third-order valence-electron chi connectivity index (χ3n) is 4.68. The zero-order valence-electron chi connectivity index (χ0n) is 16.4. The highest BCUT2D eigenvalue weighted by Crippen LogP contribution is 2.24. The third kappa shape index (κ3) is 4.89. The van der Waals surface area contributed by atoms with Crippen molar-refractivity contribution in [2.45, 2.75) is 11.3 Å². The molecule has 0 atom stereocenters. The summed E-state index contributed by atoms with van der Waals surface area (Å²) >= 11 is 0. The van der Waals surface area contributed by atoms with E-state index in [0.717, 1.165) is 5.56 Å². The van der Waals surface area contributed by atoms with Crippen LogP contribution >= 0.6 is 0 Å². The standard InChI is InChI=1S/C19H25N3O6S/c1-26-15-3-4-18(27-2)14(11-15)5-6-20-19(23)17-12-16(13-21-17)29(24,25)22-7-9-28-10-8-22/h3-4,11-13,21H,5-10H2,1-2H3,(H,20,23). The van der Waals surface area contributed by atoms with Crippen molar-refractivity contribution in [1.82, 2.24) is 14.6 Å². The van der Waals surface area contributed by atoms with E-state index >= 15 is 0 Å². The first kappa shape index (κ1) is 21.2. The summed E-state index contributed by atoms with van der Waals surface area (Å²) in [5.41, 5.74) is 1.09. The molecule has 0 aliphatic carbocycles. The van der Waals surface area contributed by atoms with Crippen molar-refractivity contribution in [2.24, 2.45) is 0 Å². The van der Waals surface area contributed by atoms with Gasteiger partial charge in [0.25, 0.3) is 5.91 Å². The van der Waals surface area contributed by atoms with E-state index in [2.05, 4.69) is 10.3 Å². The van der Waals surface area contributed by atoms with Gasteiger partial charge in [-0.15, -0.1) is 0 Å². The number of hydrogen-bond donors (Lipinski definition) is 2. The second-order valence-corrected chi connectivity index (χ2v) is 8.39. The van der Waals surface area contributed by atoms with E-state index in [1.165, 1.54) is 16.6 Å². The van der Waals surface area contributed by atoms with Gasteiger partial charge < -0.3 is 24.5 Å². The number of aromatic amines is 1. The lowest BCUT2D eigenvalue weighted by Crippen LogP contribution is -2.40. The van der Waals surface area contributed by atoms with E-state index in [4.69, 9.17) is 14.2 Å². The Morgan fingerprint density at radius 3 is 2.66 bits per heavy atom. The van der Waals surface area contributed by atoms with Crippen LogP contribution in [0.5, 0.6) is 11.5 Å². The quantitative estimate of drug-likeness (QED) is 0.656. The summed E-state index contributed by atoms with van der Waals surface area (Å²) in [5, 5.41) is 2.79. The van der Waals surface area contributed by atoms with Crippen LogP contribution in [0.1, 0.15) is 16.1 Å². The first-order valence-corrected chi connectivity index (χ1v) is 10.6. The number of hydrogen-bond acceptors (Lipinski definition) is 6. The summed E-state index contributed by atoms with van der Waals surface area (Å²) in [6, 6.07) is 6.82. The van der Waals surface area contributed by atoms with E-state index < -0.39 is 10.0 Å². The van der Waals surface area contributed by atoms with Gasteiger partial charge in [-0.1, -0.05) is 0 Å². The number of nitrogens with one attached hydrogen (secondary N) is 2. The van der Waals surface area contributed by atoms with E-state index in [1.54, 1.807) is 20.3 Å². The first-order chi connectivity index (χ1) is 14.0. The van der Waals surface area contributed by atoms with Gasteiger partial charge in [0.05, 0.1) is 27.4 Å². The number of morpholine rings is 1. The molecule has 9 nitrogen and oxygen atoms in total. The molecule has 10 heteroatoms. The molecule has 0 unspecified atom stereocenters. The fraction of sp³-hybridized carbons (Fsp3) is 0.421. The molecule has 1 aromatic heterocycles. The van der Waals surface area contributed by atoms with Crippen LogP contribution in [0.4, 0.5) is 0 Å². The lowest BCUT2D eigenvalue weighted by atomic mass is 10.1. The highest BCUT2D eigenvalue weighted by Gasteiger charge is 2.27. The predicted octanol–water partition coefficient (Wildman–Crippen LogP) is 1.03. The van der Waals surface area contributed by atoms with Crippen LogP contribution < -0.4 is 14.8 Å². The summed E-state index contributed by atoms with van der Waals surface area (Å²) < 4.78 is 42.4. The number of nitrogens with zero attached hydrogens (tertiary/aromatic N) is 1. The van der Waals surface area contributed by atoms with Gasteiger partial charge in [-0.3, -0.25) is 4.79 Å². The normalized spacial score (nSPS) is 15.1. The zero-order valence-corrected chi connectivity index (χ0v) is 17.3. The lowest BCUT2D eigenvalue weighted by molar-refractivity contribution is 0.0730. The Balaban J connectivity index is 1.61. The number of sulfonamides is 1. The predicted molar refractivity (Wildman–Crippen MR) is 106 cm³/mol. The molecule has 1 saturated heterocycles. The fourth-order valence-corrected chi connectivity index (χ4v) is 4.48. The van der Waals surface area contributed by atoms with E-state index in [-0.39, 0.29) is 16.5 Å². The molecule has 0 bridgehead atoms. The zero-order chi connectivity index (χ0) is 20.9. The van der Waals surface area contributed by atoms with Crippen molar-refractivity contribution in [1.29, 1.82) is 0 Å². The second-order valence-electron chi connectivity index (χ2n) is 6.45. The Bertz CT molecular complexity index is 951. The molecule has 0 radical (unpaired) electrons. The summed E-state index contributed by atoms with van der Waals surface area (Å²) in [4.78, 5) is 15.2. The topological polar surface area (TPSA) is 110 Å². The van der Waals surface area contributed by atoms with Crippen molar-refractivity contribution in [3.05, 3.63) is 41.7 Å². The second kappa shape index (κ2) is 9.29. The van der Waals surface area contributed by atoms with Gasteiger partial charge in [0, 0.05) is 25.8 Å². The van der Waals surface area contributed by atoms with Crippen molar-refractivity contribution in [3.63, 3.8) is 0 Å². The molecule has 1 aromatic carbocycles. The number of methoxy groups -OCH3 is 2. The fourth-order valence-electron chi connectivity index (χ4n) is 3.07. The maximum Gasteiger partial charge on any atom is 0.267 e. The Hall–Kier alpha value is -2.56. The van der Waals surface area contributed by atoms with E-state index in [0.29, 0.717) is 50.8 Å². The highest BCUT2D eigenvalue weighted by molar-refractivity contribution is 7.89. The van der Waals surface area contributed by atoms with Crippen LogP contribution in [0.25, 0.3) is 0 Å². The Labute approximate surface area is 170 Å². The van der Waals surface area contributed by atoms with Crippen LogP contribution in [0, 0.1) is 0 Å². The minimum Gasteiger partial charge on any atom is -0.497 e. The van der Waals surface area contributed by atoms with E-state index in [9.17, 15) is 13.2 Å². The van der Waals surface area contributed by atoms with Crippen LogP contribution in [-0.2, 0) is 21.2 Å².